The van der Waals surface area contributed by atoms with Gasteiger partial charge in [0.15, 0.2) is 11.3 Å². The van der Waals surface area contributed by atoms with Crippen LogP contribution in [0.2, 0.25) is 0 Å². The number of benzene rings is 2. The summed E-state index contributed by atoms with van der Waals surface area (Å²) in [6, 6.07) is 15.1. The molecule has 0 aliphatic carbocycles. The quantitative estimate of drug-likeness (QED) is 0.597. The summed E-state index contributed by atoms with van der Waals surface area (Å²) in [6.45, 7) is 1.22. The molecular formula is C23H24N2O4S. The number of carbonyl (C=O) groups excluding carboxylic acids is 1. The lowest BCUT2D eigenvalue weighted by Gasteiger charge is -2.12. The van der Waals surface area contributed by atoms with Crippen LogP contribution in [0.25, 0.3) is 11.0 Å². The summed E-state index contributed by atoms with van der Waals surface area (Å²) >= 11 is 1.66. The Morgan fingerprint density at radius 2 is 2.10 bits per heavy atom. The van der Waals surface area contributed by atoms with E-state index >= 15 is 0 Å². The molecule has 2 aromatic carbocycles. The Morgan fingerprint density at radius 3 is 2.80 bits per heavy atom. The molecule has 1 amide bonds. The minimum atomic E-state index is -0.238. The van der Waals surface area contributed by atoms with Gasteiger partial charge in [-0.05, 0) is 55.5 Å². The van der Waals surface area contributed by atoms with Crippen molar-refractivity contribution in [1.29, 1.82) is 0 Å². The van der Waals surface area contributed by atoms with E-state index in [-0.39, 0.29) is 17.6 Å². The van der Waals surface area contributed by atoms with Gasteiger partial charge in [-0.3, -0.25) is 4.79 Å². The third-order valence-electron chi connectivity index (χ3n) is 5.02. The van der Waals surface area contributed by atoms with Gasteiger partial charge in [-0.1, -0.05) is 12.1 Å². The van der Waals surface area contributed by atoms with Crippen LogP contribution in [-0.2, 0) is 4.74 Å². The van der Waals surface area contributed by atoms with Crippen LogP contribution in [-0.4, -0.2) is 38.5 Å². The number of thioether (sulfide) groups is 1. The lowest BCUT2D eigenvalue weighted by Crippen LogP contribution is -2.34. The van der Waals surface area contributed by atoms with Crippen molar-refractivity contribution >= 4 is 34.3 Å². The van der Waals surface area contributed by atoms with E-state index in [0.29, 0.717) is 29.1 Å². The summed E-state index contributed by atoms with van der Waals surface area (Å²) < 4.78 is 17.1. The topological polar surface area (TPSA) is 73.1 Å². The molecule has 1 aliphatic heterocycles. The molecule has 0 bridgehead atoms. The Kier molecular flexibility index (Phi) is 6.40. The summed E-state index contributed by atoms with van der Waals surface area (Å²) in [5, 5.41) is 3.73. The highest BCUT2D eigenvalue weighted by Crippen LogP contribution is 2.25. The van der Waals surface area contributed by atoms with Crippen molar-refractivity contribution in [2.24, 2.45) is 4.99 Å². The summed E-state index contributed by atoms with van der Waals surface area (Å²) in [5.74, 6) is 0.353. The molecule has 3 aromatic rings. The molecule has 156 valence electrons. The molecule has 1 fully saturated rings. The number of methoxy groups -OCH3 is 1. The van der Waals surface area contributed by atoms with E-state index < -0.39 is 0 Å². The molecular weight excluding hydrogens is 400 g/mol. The zero-order valence-electron chi connectivity index (χ0n) is 17.0. The molecule has 2 heterocycles. The molecule has 1 aromatic heterocycles. The van der Waals surface area contributed by atoms with Crippen LogP contribution in [0.4, 0.5) is 5.69 Å². The van der Waals surface area contributed by atoms with Crippen molar-refractivity contribution in [1.82, 2.24) is 5.32 Å². The van der Waals surface area contributed by atoms with E-state index in [0.717, 1.165) is 29.7 Å². The van der Waals surface area contributed by atoms with Crippen molar-refractivity contribution in [3.63, 3.8) is 0 Å². The Balaban J connectivity index is 1.76. The number of hydrogen-bond acceptors (Lipinski definition) is 6. The molecule has 7 heteroatoms. The maximum atomic E-state index is 13.0. The van der Waals surface area contributed by atoms with E-state index in [9.17, 15) is 4.79 Å². The number of para-hydroxylation sites is 1. The Hall–Kier alpha value is -2.77. The number of ether oxygens (including phenoxy) is 2. The van der Waals surface area contributed by atoms with E-state index in [1.807, 2.05) is 48.7 Å². The second kappa shape index (κ2) is 9.36. The normalized spacial score (nSPS) is 16.7. The van der Waals surface area contributed by atoms with Crippen LogP contribution < -0.4 is 15.6 Å². The first kappa shape index (κ1) is 20.5. The van der Waals surface area contributed by atoms with Crippen molar-refractivity contribution in [3.05, 3.63) is 59.6 Å². The second-order valence-corrected chi connectivity index (χ2v) is 7.88. The average molecular weight is 425 g/mol. The summed E-state index contributed by atoms with van der Waals surface area (Å²) in [6.07, 6.45) is 4.07. The van der Waals surface area contributed by atoms with Crippen LogP contribution >= 0.6 is 11.8 Å². The number of nitrogens with zero attached hydrogens (tertiary/aromatic N) is 1. The zero-order valence-corrected chi connectivity index (χ0v) is 17.8. The van der Waals surface area contributed by atoms with Gasteiger partial charge in [0.1, 0.15) is 5.56 Å². The molecule has 1 aliphatic rings. The fourth-order valence-electron chi connectivity index (χ4n) is 3.41. The lowest BCUT2D eigenvalue weighted by molar-refractivity contribution is 0.0854. The predicted octanol–water partition coefficient (Wildman–Crippen LogP) is 4.30. The molecule has 6 nitrogen and oxygen atoms in total. The van der Waals surface area contributed by atoms with Crippen LogP contribution in [0.1, 0.15) is 23.2 Å². The molecule has 0 radical (unpaired) electrons. The Bertz CT molecular complexity index is 1100. The highest BCUT2D eigenvalue weighted by Gasteiger charge is 2.19. The van der Waals surface area contributed by atoms with Crippen molar-refractivity contribution in [2.45, 2.75) is 23.8 Å². The molecule has 1 atom stereocenters. The summed E-state index contributed by atoms with van der Waals surface area (Å²) in [5.41, 5.74) is 1.88. The SMILES string of the molecule is COc1cccc2cc(C(=O)NC[C@@H]3CCCO3)c(=Nc3ccc(SC)cc3)oc12. The molecule has 0 saturated carbocycles. The number of carbonyl (C=O) groups is 1. The number of rotatable bonds is 6. The predicted molar refractivity (Wildman–Crippen MR) is 118 cm³/mol. The van der Waals surface area contributed by atoms with Crippen molar-refractivity contribution in [3.8, 4) is 5.75 Å². The first-order chi connectivity index (χ1) is 14.7. The van der Waals surface area contributed by atoms with Gasteiger partial charge in [0.05, 0.1) is 18.9 Å². The Morgan fingerprint density at radius 1 is 1.27 bits per heavy atom. The van der Waals surface area contributed by atoms with Gasteiger partial charge in [-0.15, -0.1) is 11.8 Å². The van der Waals surface area contributed by atoms with Crippen molar-refractivity contribution < 1.29 is 18.7 Å². The van der Waals surface area contributed by atoms with Gasteiger partial charge < -0.3 is 19.2 Å². The lowest BCUT2D eigenvalue weighted by atomic mass is 10.1. The molecule has 30 heavy (non-hydrogen) atoms. The van der Waals surface area contributed by atoms with Crippen LogP contribution in [0.15, 0.2) is 62.8 Å². The largest absolute Gasteiger partial charge is 0.493 e. The molecule has 1 saturated heterocycles. The summed E-state index contributed by atoms with van der Waals surface area (Å²) in [7, 11) is 1.59. The van der Waals surface area contributed by atoms with Gasteiger partial charge in [-0.25, -0.2) is 4.99 Å². The first-order valence-electron chi connectivity index (χ1n) is 9.87. The fraction of sp³-hybridized carbons (Fsp3) is 0.304. The minimum Gasteiger partial charge on any atom is -0.493 e. The first-order valence-corrected chi connectivity index (χ1v) is 11.1. The zero-order chi connectivity index (χ0) is 20.9. The van der Waals surface area contributed by atoms with Gasteiger partial charge in [-0.2, -0.15) is 0 Å². The maximum Gasteiger partial charge on any atom is 0.256 e. The van der Waals surface area contributed by atoms with Crippen molar-refractivity contribution in [2.75, 3.05) is 26.5 Å². The highest BCUT2D eigenvalue weighted by atomic mass is 32.2. The maximum absolute atomic E-state index is 13.0. The third kappa shape index (κ3) is 4.52. The number of fused-ring (bicyclic) bond motifs is 1. The fourth-order valence-corrected chi connectivity index (χ4v) is 3.82. The van der Waals surface area contributed by atoms with E-state index in [4.69, 9.17) is 13.9 Å². The van der Waals surface area contributed by atoms with Gasteiger partial charge in [0.25, 0.3) is 5.91 Å². The van der Waals surface area contributed by atoms with E-state index in [1.165, 1.54) is 0 Å². The van der Waals surface area contributed by atoms with Crippen LogP contribution in [0.5, 0.6) is 5.75 Å². The summed E-state index contributed by atoms with van der Waals surface area (Å²) in [4.78, 5) is 18.7. The minimum absolute atomic E-state index is 0.0610. The second-order valence-electron chi connectivity index (χ2n) is 7.00. The van der Waals surface area contributed by atoms with Crippen LogP contribution in [0, 0.1) is 0 Å². The molecule has 1 N–H and O–H groups in total. The standard InChI is InChI=1S/C23H24N2O4S/c1-27-20-7-3-5-15-13-19(22(26)24-14-17-6-4-12-28-17)23(29-21(15)20)25-16-8-10-18(30-2)11-9-16/h3,5,7-11,13,17H,4,6,12,14H2,1-2H3,(H,24,26)/t17-/m0/s1. The molecule has 4 rings (SSSR count). The monoisotopic (exact) mass is 424 g/mol. The average Bonchev–Trinajstić information content (AvgIpc) is 3.31. The van der Waals surface area contributed by atoms with Gasteiger partial charge >= 0.3 is 0 Å². The number of amides is 1. The third-order valence-corrected chi connectivity index (χ3v) is 5.76. The van der Waals surface area contributed by atoms with Gasteiger partial charge in [0.2, 0.25) is 5.55 Å². The van der Waals surface area contributed by atoms with E-state index in [2.05, 4.69) is 10.3 Å². The molecule has 0 spiro atoms. The van der Waals surface area contributed by atoms with Gasteiger partial charge in [0, 0.05) is 23.4 Å². The Labute approximate surface area is 179 Å². The number of nitrogens with one attached hydrogen (secondary N) is 1. The number of hydrogen-bond donors (Lipinski definition) is 1. The highest BCUT2D eigenvalue weighted by molar-refractivity contribution is 7.98. The van der Waals surface area contributed by atoms with E-state index in [1.54, 1.807) is 24.9 Å². The smallest absolute Gasteiger partial charge is 0.256 e. The van der Waals surface area contributed by atoms with Crippen LogP contribution in [0.3, 0.4) is 0 Å². The molecule has 0 unspecified atom stereocenters.